The largest absolute Gasteiger partial charge is 0.497 e. The normalized spacial score (nSPS) is 10.6. The summed E-state index contributed by atoms with van der Waals surface area (Å²) in [7, 11) is 1.65. The Hall–Kier alpha value is -2.24. The summed E-state index contributed by atoms with van der Waals surface area (Å²) in [6.45, 7) is 4.49. The van der Waals surface area contributed by atoms with E-state index >= 15 is 0 Å². The first kappa shape index (κ1) is 17.6. The van der Waals surface area contributed by atoms with Crippen molar-refractivity contribution in [3.8, 4) is 17.1 Å². The third kappa shape index (κ3) is 4.24. The van der Waals surface area contributed by atoms with E-state index in [1.807, 2.05) is 54.6 Å². The van der Waals surface area contributed by atoms with Crippen molar-refractivity contribution in [1.29, 1.82) is 0 Å². The second-order valence-electron chi connectivity index (χ2n) is 5.35. The highest BCUT2D eigenvalue weighted by atomic mass is 35.5. The third-order valence-electron chi connectivity index (χ3n) is 3.64. The molecule has 3 rings (SSSR count). The van der Waals surface area contributed by atoms with E-state index < -0.39 is 0 Å². The van der Waals surface area contributed by atoms with Gasteiger partial charge >= 0.3 is 0 Å². The molecule has 0 aliphatic rings. The second-order valence-corrected chi connectivity index (χ2v) is 6.73. The van der Waals surface area contributed by atoms with Gasteiger partial charge < -0.3 is 4.74 Å². The molecule has 2 aromatic carbocycles. The van der Waals surface area contributed by atoms with Gasteiger partial charge in [0, 0.05) is 22.9 Å². The summed E-state index contributed by atoms with van der Waals surface area (Å²) in [6, 6.07) is 15.6. The van der Waals surface area contributed by atoms with Crippen LogP contribution in [0.3, 0.4) is 0 Å². The molecule has 1 heterocycles. The van der Waals surface area contributed by atoms with Crippen LogP contribution >= 0.6 is 23.4 Å². The van der Waals surface area contributed by atoms with Crippen LogP contribution in [0, 0.1) is 0 Å². The van der Waals surface area contributed by atoms with Crippen LogP contribution in [-0.4, -0.2) is 21.9 Å². The number of thioether (sulfide) groups is 1. The number of rotatable bonds is 7. The maximum Gasteiger partial charge on any atom is 0.192 e. The van der Waals surface area contributed by atoms with Crippen LogP contribution in [0.4, 0.5) is 0 Å². The van der Waals surface area contributed by atoms with Crippen molar-refractivity contribution in [2.75, 3.05) is 7.11 Å². The summed E-state index contributed by atoms with van der Waals surface area (Å²) in [6.07, 6.45) is 1.85. The van der Waals surface area contributed by atoms with Gasteiger partial charge in [0.25, 0.3) is 0 Å². The smallest absolute Gasteiger partial charge is 0.192 e. The molecule has 0 spiro atoms. The lowest BCUT2D eigenvalue weighted by molar-refractivity contribution is 0.415. The molecular formula is C19H18ClN3OS. The predicted molar refractivity (Wildman–Crippen MR) is 103 cm³/mol. The number of nitrogens with zero attached hydrogens (tertiary/aromatic N) is 3. The second kappa shape index (κ2) is 8.23. The zero-order valence-corrected chi connectivity index (χ0v) is 15.4. The van der Waals surface area contributed by atoms with Crippen molar-refractivity contribution < 1.29 is 4.74 Å². The number of aromatic nitrogens is 3. The summed E-state index contributed by atoms with van der Waals surface area (Å²) in [5.74, 6) is 2.39. The highest BCUT2D eigenvalue weighted by Crippen LogP contribution is 2.28. The number of halogens is 1. The Balaban J connectivity index is 1.86. The molecule has 3 aromatic rings. The maximum absolute atomic E-state index is 5.94. The third-order valence-corrected chi connectivity index (χ3v) is 4.93. The summed E-state index contributed by atoms with van der Waals surface area (Å²) >= 11 is 7.58. The molecule has 0 N–H and O–H groups in total. The Kier molecular flexibility index (Phi) is 5.79. The van der Waals surface area contributed by atoms with E-state index in [4.69, 9.17) is 16.3 Å². The van der Waals surface area contributed by atoms with Crippen molar-refractivity contribution in [3.63, 3.8) is 0 Å². The lowest BCUT2D eigenvalue weighted by atomic mass is 10.2. The Morgan fingerprint density at radius 3 is 2.72 bits per heavy atom. The molecule has 0 atom stereocenters. The average Bonchev–Trinajstić information content (AvgIpc) is 3.04. The molecule has 0 aliphatic carbocycles. The van der Waals surface area contributed by atoms with Crippen LogP contribution in [0.5, 0.6) is 5.75 Å². The number of methoxy groups -OCH3 is 1. The SMILES string of the molecule is C=CCn1c(SCc2ccc(Cl)cc2)nnc1-c1cccc(OC)c1. The van der Waals surface area contributed by atoms with Crippen molar-refractivity contribution in [3.05, 3.63) is 71.8 Å². The van der Waals surface area contributed by atoms with Crippen molar-refractivity contribution >= 4 is 23.4 Å². The van der Waals surface area contributed by atoms with Crippen LogP contribution < -0.4 is 4.74 Å². The Morgan fingerprint density at radius 2 is 2.00 bits per heavy atom. The molecule has 128 valence electrons. The zero-order valence-electron chi connectivity index (χ0n) is 13.9. The molecule has 0 radical (unpaired) electrons. The van der Waals surface area contributed by atoms with Crippen molar-refractivity contribution in [2.24, 2.45) is 0 Å². The van der Waals surface area contributed by atoms with E-state index in [9.17, 15) is 0 Å². The summed E-state index contributed by atoms with van der Waals surface area (Å²) in [5, 5.41) is 10.3. The van der Waals surface area contributed by atoms with Gasteiger partial charge in [-0.2, -0.15) is 0 Å². The first-order valence-corrected chi connectivity index (χ1v) is 9.13. The van der Waals surface area contributed by atoms with Crippen molar-refractivity contribution in [2.45, 2.75) is 17.5 Å². The Bertz CT molecular complexity index is 861. The van der Waals surface area contributed by atoms with Gasteiger partial charge in [-0.15, -0.1) is 16.8 Å². The fourth-order valence-electron chi connectivity index (χ4n) is 2.39. The highest BCUT2D eigenvalue weighted by molar-refractivity contribution is 7.98. The van der Waals surface area contributed by atoms with Gasteiger partial charge in [0.05, 0.1) is 7.11 Å². The quantitative estimate of drug-likeness (QED) is 0.428. The lowest BCUT2D eigenvalue weighted by Crippen LogP contribution is -2.01. The van der Waals surface area contributed by atoms with E-state index in [1.54, 1.807) is 18.9 Å². The predicted octanol–water partition coefficient (Wildman–Crippen LogP) is 5.09. The number of hydrogen-bond donors (Lipinski definition) is 0. The van der Waals surface area contributed by atoms with Crippen LogP contribution in [0.25, 0.3) is 11.4 Å². The number of benzene rings is 2. The molecule has 25 heavy (non-hydrogen) atoms. The van der Waals surface area contributed by atoms with Gasteiger partial charge in [0.2, 0.25) is 0 Å². The van der Waals surface area contributed by atoms with Gasteiger partial charge in [-0.1, -0.05) is 53.7 Å². The van der Waals surface area contributed by atoms with Crippen molar-refractivity contribution in [1.82, 2.24) is 14.8 Å². The Morgan fingerprint density at radius 1 is 1.20 bits per heavy atom. The number of ether oxygens (including phenoxy) is 1. The van der Waals surface area contributed by atoms with E-state index in [0.29, 0.717) is 6.54 Å². The minimum Gasteiger partial charge on any atom is -0.497 e. The standard InChI is InChI=1S/C19H18ClN3OS/c1-3-11-23-18(15-5-4-6-17(12-15)24-2)21-22-19(23)25-13-14-7-9-16(20)10-8-14/h3-10,12H,1,11,13H2,2H3. The molecule has 0 amide bonds. The summed E-state index contributed by atoms with van der Waals surface area (Å²) in [5.41, 5.74) is 2.15. The molecule has 0 saturated carbocycles. The lowest BCUT2D eigenvalue weighted by Gasteiger charge is -2.09. The molecule has 0 fully saturated rings. The maximum atomic E-state index is 5.94. The average molecular weight is 372 g/mol. The number of hydrogen-bond acceptors (Lipinski definition) is 4. The van der Waals surface area contributed by atoms with E-state index in [-0.39, 0.29) is 0 Å². The fourth-order valence-corrected chi connectivity index (χ4v) is 3.42. The van der Waals surface area contributed by atoms with E-state index in [2.05, 4.69) is 21.3 Å². The van der Waals surface area contributed by atoms with Gasteiger partial charge in [-0.05, 0) is 29.8 Å². The van der Waals surface area contributed by atoms with Gasteiger partial charge in [-0.3, -0.25) is 4.57 Å². The topological polar surface area (TPSA) is 39.9 Å². The molecule has 0 unspecified atom stereocenters. The van der Waals surface area contributed by atoms with Crippen LogP contribution in [-0.2, 0) is 12.3 Å². The van der Waals surface area contributed by atoms with Gasteiger partial charge in [-0.25, -0.2) is 0 Å². The molecule has 6 heteroatoms. The zero-order chi connectivity index (χ0) is 17.6. The van der Waals surface area contributed by atoms with Crippen LogP contribution in [0.1, 0.15) is 5.56 Å². The van der Waals surface area contributed by atoms with Crippen LogP contribution in [0.15, 0.2) is 66.3 Å². The monoisotopic (exact) mass is 371 g/mol. The van der Waals surface area contributed by atoms with Gasteiger partial charge in [0.1, 0.15) is 5.75 Å². The molecule has 4 nitrogen and oxygen atoms in total. The van der Waals surface area contributed by atoms with E-state index in [1.165, 1.54) is 5.56 Å². The minimum atomic E-state index is 0.641. The summed E-state index contributed by atoms with van der Waals surface area (Å²) < 4.78 is 7.36. The number of allylic oxidation sites excluding steroid dienone is 1. The highest BCUT2D eigenvalue weighted by Gasteiger charge is 2.14. The fraction of sp³-hybridized carbons (Fsp3) is 0.158. The molecule has 0 saturated heterocycles. The summed E-state index contributed by atoms with van der Waals surface area (Å²) in [4.78, 5) is 0. The first-order chi connectivity index (χ1) is 12.2. The molecule has 0 aliphatic heterocycles. The molecule has 0 bridgehead atoms. The molecular weight excluding hydrogens is 354 g/mol. The van der Waals surface area contributed by atoms with Crippen LogP contribution in [0.2, 0.25) is 5.02 Å². The minimum absolute atomic E-state index is 0.641. The van der Waals surface area contributed by atoms with E-state index in [0.717, 1.165) is 33.1 Å². The first-order valence-electron chi connectivity index (χ1n) is 7.77. The van der Waals surface area contributed by atoms with Gasteiger partial charge in [0.15, 0.2) is 11.0 Å². The molecule has 1 aromatic heterocycles. The Labute approximate surface area is 156 Å².